The van der Waals surface area contributed by atoms with E-state index in [0.29, 0.717) is 12.2 Å². The Bertz CT molecular complexity index is 787. The lowest BCUT2D eigenvalue weighted by Crippen LogP contribution is -2.44. The summed E-state index contributed by atoms with van der Waals surface area (Å²) in [6.45, 7) is -0.173. The molecular weight excluding hydrogens is 328 g/mol. The van der Waals surface area contributed by atoms with Gasteiger partial charge in [0.25, 0.3) is 5.91 Å². The van der Waals surface area contributed by atoms with E-state index in [1.54, 1.807) is 0 Å². The number of hydrogen-bond donors (Lipinski definition) is 2. The molecule has 1 aliphatic rings. The Labute approximate surface area is 153 Å². The van der Waals surface area contributed by atoms with Crippen LogP contribution in [0.3, 0.4) is 0 Å². The van der Waals surface area contributed by atoms with Crippen LogP contribution in [0.1, 0.15) is 19.3 Å². The first-order valence-corrected chi connectivity index (χ1v) is 8.74. The molecule has 0 radical (unpaired) electrons. The van der Waals surface area contributed by atoms with Crippen molar-refractivity contribution >= 4 is 11.8 Å². The number of hydrogen-bond acceptors (Lipinski definition) is 3. The average Bonchev–Trinajstić information content (AvgIpc) is 3.18. The lowest BCUT2D eigenvalue weighted by molar-refractivity contribution is -0.130. The van der Waals surface area contributed by atoms with Crippen molar-refractivity contribution in [2.75, 3.05) is 6.61 Å². The molecule has 2 aromatic carbocycles. The van der Waals surface area contributed by atoms with E-state index < -0.39 is 5.91 Å². The molecular formula is C21H22N2O3. The molecule has 0 bridgehead atoms. The molecule has 2 aromatic rings. The summed E-state index contributed by atoms with van der Waals surface area (Å²) in [7, 11) is 0. The molecule has 26 heavy (non-hydrogen) atoms. The first-order valence-electron chi connectivity index (χ1n) is 8.74. The molecule has 0 heterocycles. The molecule has 3 rings (SSSR count). The zero-order valence-electron chi connectivity index (χ0n) is 14.5. The third kappa shape index (κ3) is 4.96. The molecule has 0 aliphatic heterocycles. The fraction of sp³-hybridized carbons (Fsp3) is 0.238. The number of para-hydroxylation sites is 1. The van der Waals surface area contributed by atoms with Crippen molar-refractivity contribution in [3.05, 3.63) is 66.7 Å². The third-order valence-corrected chi connectivity index (χ3v) is 4.23. The van der Waals surface area contributed by atoms with Gasteiger partial charge in [-0.05, 0) is 30.4 Å². The summed E-state index contributed by atoms with van der Waals surface area (Å²) < 4.78 is 5.64. The quantitative estimate of drug-likeness (QED) is 0.621. The maximum atomic E-state index is 11.9. The molecule has 1 aliphatic carbocycles. The minimum absolute atomic E-state index is 0.173. The topological polar surface area (TPSA) is 67.4 Å². The zero-order valence-corrected chi connectivity index (χ0v) is 14.5. The highest BCUT2D eigenvalue weighted by molar-refractivity contribution is 5.83. The molecule has 5 heteroatoms. The van der Waals surface area contributed by atoms with Crippen LogP contribution >= 0.6 is 0 Å². The van der Waals surface area contributed by atoms with Crippen LogP contribution in [0.2, 0.25) is 0 Å². The van der Waals surface area contributed by atoms with Gasteiger partial charge in [0.1, 0.15) is 5.75 Å². The molecule has 0 spiro atoms. The van der Waals surface area contributed by atoms with Gasteiger partial charge in [0, 0.05) is 12.0 Å². The van der Waals surface area contributed by atoms with Crippen molar-refractivity contribution in [1.82, 2.24) is 10.9 Å². The van der Waals surface area contributed by atoms with Crippen molar-refractivity contribution < 1.29 is 14.3 Å². The van der Waals surface area contributed by atoms with E-state index in [2.05, 4.69) is 16.9 Å². The van der Waals surface area contributed by atoms with Crippen LogP contribution in [-0.4, -0.2) is 18.4 Å². The Hall–Kier alpha value is -3.08. The van der Waals surface area contributed by atoms with Crippen LogP contribution < -0.4 is 15.6 Å². The largest absolute Gasteiger partial charge is 0.483 e. The summed E-state index contributed by atoms with van der Waals surface area (Å²) in [5.41, 5.74) is 6.77. The highest BCUT2D eigenvalue weighted by Crippen LogP contribution is 2.29. The van der Waals surface area contributed by atoms with E-state index in [0.717, 1.165) is 24.0 Å². The molecule has 0 fully saturated rings. The lowest BCUT2D eigenvalue weighted by Gasteiger charge is -2.13. The number of rotatable bonds is 6. The molecule has 134 valence electrons. The SMILES string of the molecule is O=C(COc1ccccc1-c1ccccc1)NNC(=O)CC1C=CCC1. The van der Waals surface area contributed by atoms with Crippen LogP contribution in [0.5, 0.6) is 5.75 Å². The first kappa shape index (κ1) is 17.7. The number of ether oxygens (including phenoxy) is 1. The predicted octanol–water partition coefficient (Wildman–Crippen LogP) is 3.24. The van der Waals surface area contributed by atoms with E-state index in [9.17, 15) is 9.59 Å². The highest BCUT2D eigenvalue weighted by Gasteiger charge is 2.14. The number of amides is 2. The fourth-order valence-electron chi connectivity index (χ4n) is 2.92. The van der Waals surface area contributed by atoms with Gasteiger partial charge in [-0.15, -0.1) is 0 Å². The first-order chi connectivity index (χ1) is 12.7. The smallest absolute Gasteiger partial charge is 0.276 e. The second-order valence-corrected chi connectivity index (χ2v) is 6.22. The highest BCUT2D eigenvalue weighted by atomic mass is 16.5. The Morgan fingerprint density at radius 1 is 0.962 bits per heavy atom. The second-order valence-electron chi connectivity index (χ2n) is 6.22. The molecule has 2 N–H and O–H groups in total. The Morgan fingerprint density at radius 2 is 1.69 bits per heavy atom. The van der Waals surface area contributed by atoms with Crippen molar-refractivity contribution in [3.8, 4) is 16.9 Å². The van der Waals surface area contributed by atoms with Crippen LogP contribution in [0.25, 0.3) is 11.1 Å². The van der Waals surface area contributed by atoms with Crippen LogP contribution in [-0.2, 0) is 9.59 Å². The maximum absolute atomic E-state index is 11.9. The van der Waals surface area contributed by atoms with E-state index in [4.69, 9.17) is 4.74 Å². The van der Waals surface area contributed by atoms with Gasteiger partial charge in [0.2, 0.25) is 5.91 Å². The lowest BCUT2D eigenvalue weighted by atomic mass is 10.1. The molecule has 1 atom stereocenters. The van der Waals surface area contributed by atoms with Gasteiger partial charge in [-0.25, -0.2) is 0 Å². The Balaban J connectivity index is 1.49. The van der Waals surface area contributed by atoms with Crippen molar-refractivity contribution in [2.24, 2.45) is 5.92 Å². The monoisotopic (exact) mass is 350 g/mol. The Kier molecular flexibility index (Phi) is 6.04. The zero-order chi connectivity index (χ0) is 18.2. The number of benzene rings is 2. The number of nitrogens with one attached hydrogen (secondary N) is 2. The third-order valence-electron chi connectivity index (χ3n) is 4.23. The average molecular weight is 350 g/mol. The molecule has 0 saturated carbocycles. The predicted molar refractivity (Wildman–Crippen MR) is 100 cm³/mol. The van der Waals surface area contributed by atoms with Gasteiger partial charge >= 0.3 is 0 Å². The van der Waals surface area contributed by atoms with Gasteiger partial charge in [-0.1, -0.05) is 60.7 Å². The van der Waals surface area contributed by atoms with Gasteiger partial charge in [-0.2, -0.15) is 0 Å². The minimum Gasteiger partial charge on any atom is -0.483 e. The Morgan fingerprint density at radius 3 is 2.46 bits per heavy atom. The minimum atomic E-state index is -0.400. The fourth-order valence-corrected chi connectivity index (χ4v) is 2.92. The van der Waals surface area contributed by atoms with Crippen LogP contribution in [0, 0.1) is 5.92 Å². The van der Waals surface area contributed by atoms with Crippen molar-refractivity contribution in [2.45, 2.75) is 19.3 Å². The molecule has 0 saturated heterocycles. The van der Waals surface area contributed by atoms with Gasteiger partial charge in [-0.3, -0.25) is 20.4 Å². The standard InChI is InChI=1S/C21H22N2O3/c24-20(14-16-8-4-5-9-16)22-23-21(25)15-26-19-13-7-6-12-18(19)17-10-2-1-3-11-17/h1-4,6-8,10-13,16H,5,9,14-15H2,(H,22,24)(H,23,25). The van der Waals surface area contributed by atoms with Gasteiger partial charge in [0.15, 0.2) is 6.61 Å². The second kappa shape index (κ2) is 8.85. The van der Waals surface area contributed by atoms with E-state index in [-0.39, 0.29) is 18.4 Å². The normalized spacial score (nSPS) is 15.5. The van der Waals surface area contributed by atoms with Crippen molar-refractivity contribution in [1.29, 1.82) is 0 Å². The summed E-state index contributed by atoms with van der Waals surface area (Å²) in [6.07, 6.45) is 6.51. The van der Waals surface area contributed by atoms with Crippen molar-refractivity contribution in [3.63, 3.8) is 0 Å². The summed E-state index contributed by atoms with van der Waals surface area (Å²) in [4.78, 5) is 23.8. The van der Waals surface area contributed by atoms with E-state index in [1.165, 1.54) is 0 Å². The molecule has 5 nitrogen and oxygen atoms in total. The summed E-state index contributed by atoms with van der Waals surface area (Å²) >= 11 is 0. The van der Waals surface area contributed by atoms with E-state index >= 15 is 0 Å². The number of carbonyl (C=O) groups is 2. The van der Waals surface area contributed by atoms with Crippen LogP contribution in [0.15, 0.2) is 66.7 Å². The van der Waals surface area contributed by atoms with Gasteiger partial charge < -0.3 is 4.74 Å². The molecule has 1 unspecified atom stereocenters. The summed E-state index contributed by atoms with van der Waals surface area (Å²) in [5, 5.41) is 0. The number of hydrazine groups is 1. The molecule has 0 aromatic heterocycles. The number of carbonyl (C=O) groups excluding carboxylic acids is 2. The summed E-state index contributed by atoms with van der Waals surface area (Å²) in [6, 6.07) is 17.4. The van der Waals surface area contributed by atoms with Gasteiger partial charge in [0.05, 0.1) is 0 Å². The number of allylic oxidation sites excluding steroid dienone is 2. The molecule has 2 amide bonds. The van der Waals surface area contributed by atoms with E-state index in [1.807, 2.05) is 60.7 Å². The van der Waals surface area contributed by atoms with Crippen LogP contribution in [0.4, 0.5) is 0 Å². The maximum Gasteiger partial charge on any atom is 0.276 e. The summed E-state index contributed by atoms with van der Waals surface area (Å²) in [5.74, 6) is 0.292.